The summed E-state index contributed by atoms with van der Waals surface area (Å²) in [6.45, 7) is 4.82. The van der Waals surface area contributed by atoms with Gasteiger partial charge in [0.1, 0.15) is 11.8 Å². The molecular weight excluding hydrogens is 268 g/mol. The number of para-hydroxylation sites is 2. The summed E-state index contributed by atoms with van der Waals surface area (Å²) in [6.07, 6.45) is -0.359. The fourth-order valence-corrected chi connectivity index (χ4v) is 3.28. The third kappa shape index (κ3) is 1.84. The zero-order chi connectivity index (χ0) is 15.3. The monoisotopic (exact) mass is 286 g/mol. The molecule has 0 saturated heterocycles. The molecule has 0 radical (unpaired) electrons. The Hall–Kier alpha value is -2.30. The first-order valence-corrected chi connectivity index (χ1v) is 6.93. The number of likely N-dealkylation sites (N-methyl/N-ethyl adjacent to an activating group) is 1. The van der Waals surface area contributed by atoms with Crippen LogP contribution in [0, 0.1) is 0 Å². The van der Waals surface area contributed by atoms with Crippen LogP contribution in [0.2, 0.25) is 0 Å². The van der Waals surface area contributed by atoms with E-state index >= 15 is 0 Å². The molecule has 2 heterocycles. The lowest BCUT2D eigenvalue weighted by Crippen LogP contribution is -2.56. The maximum atomic E-state index is 12.2. The number of hydrogen-bond donors (Lipinski definition) is 0. The molecule has 110 valence electrons. The molecule has 2 unspecified atom stereocenters. The Kier molecular flexibility index (Phi) is 3.01. The highest BCUT2D eigenvalue weighted by Gasteiger charge is 2.48. The van der Waals surface area contributed by atoms with Gasteiger partial charge in [-0.3, -0.25) is 14.5 Å². The van der Waals surface area contributed by atoms with Crippen LogP contribution in [0.15, 0.2) is 35.6 Å². The third-order valence-electron chi connectivity index (χ3n) is 4.14. The number of anilines is 2. The number of carbonyl (C=O) groups is 2. The van der Waals surface area contributed by atoms with Crippen molar-refractivity contribution < 1.29 is 14.3 Å². The van der Waals surface area contributed by atoms with Crippen LogP contribution in [0.25, 0.3) is 0 Å². The van der Waals surface area contributed by atoms with E-state index in [2.05, 4.69) is 0 Å². The van der Waals surface area contributed by atoms with Crippen LogP contribution >= 0.6 is 0 Å². The highest BCUT2D eigenvalue weighted by atomic mass is 16.5. The van der Waals surface area contributed by atoms with Gasteiger partial charge in [-0.1, -0.05) is 12.1 Å². The number of benzene rings is 1. The van der Waals surface area contributed by atoms with Gasteiger partial charge in [0.25, 0.3) is 0 Å². The van der Waals surface area contributed by atoms with E-state index in [4.69, 9.17) is 4.74 Å². The highest BCUT2D eigenvalue weighted by molar-refractivity contribution is 6.03. The van der Waals surface area contributed by atoms with Crippen molar-refractivity contribution in [3.05, 3.63) is 35.6 Å². The molecule has 0 fully saturated rings. The molecule has 3 rings (SSSR count). The van der Waals surface area contributed by atoms with Gasteiger partial charge in [0.2, 0.25) is 5.91 Å². The molecule has 2 aliphatic heterocycles. The number of hydrogen-bond acceptors (Lipinski definition) is 4. The van der Waals surface area contributed by atoms with E-state index in [9.17, 15) is 9.59 Å². The minimum Gasteiger partial charge on any atom is -0.472 e. The van der Waals surface area contributed by atoms with Crippen molar-refractivity contribution in [3.8, 4) is 0 Å². The second kappa shape index (κ2) is 4.62. The van der Waals surface area contributed by atoms with Gasteiger partial charge in [-0.25, -0.2) is 0 Å². The first-order valence-electron chi connectivity index (χ1n) is 6.93. The van der Waals surface area contributed by atoms with Gasteiger partial charge in [0.05, 0.1) is 16.9 Å². The number of nitrogens with zero attached hydrogens (tertiary/aromatic N) is 2. The standard InChI is InChI=1S/C16H18N2O3/c1-9(19)14-10(2)21-16-15(14)18(11(3)20)13-8-6-5-7-12(13)17(16)4/h5-8,15-16H,1-4H3. The van der Waals surface area contributed by atoms with Gasteiger partial charge in [-0.05, 0) is 26.0 Å². The van der Waals surface area contributed by atoms with Crippen LogP contribution in [0.5, 0.6) is 0 Å². The second-order valence-corrected chi connectivity index (χ2v) is 5.47. The first-order chi connectivity index (χ1) is 9.93. The molecule has 0 aromatic heterocycles. The molecule has 0 spiro atoms. The van der Waals surface area contributed by atoms with Gasteiger partial charge < -0.3 is 9.64 Å². The molecule has 2 atom stereocenters. The quantitative estimate of drug-likeness (QED) is 0.793. The lowest BCUT2D eigenvalue weighted by Gasteiger charge is -2.43. The van der Waals surface area contributed by atoms with Crippen LogP contribution in [0.4, 0.5) is 11.4 Å². The lowest BCUT2D eigenvalue weighted by atomic mass is 9.96. The lowest BCUT2D eigenvalue weighted by molar-refractivity contribution is -0.117. The van der Waals surface area contributed by atoms with Crippen LogP contribution < -0.4 is 9.80 Å². The average molecular weight is 286 g/mol. The Labute approximate surface area is 123 Å². The van der Waals surface area contributed by atoms with Crippen molar-refractivity contribution >= 4 is 23.1 Å². The van der Waals surface area contributed by atoms with Crippen LogP contribution in [0.1, 0.15) is 20.8 Å². The molecule has 0 aliphatic carbocycles. The van der Waals surface area contributed by atoms with Crippen LogP contribution in [0.3, 0.4) is 0 Å². The number of ether oxygens (including phenoxy) is 1. The topological polar surface area (TPSA) is 49.9 Å². The zero-order valence-electron chi connectivity index (χ0n) is 12.6. The van der Waals surface area contributed by atoms with E-state index in [-0.39, 0.29) is 24.0 Å². The second-order valence-electron chi connectivity index (χ2n) is 5.47. The fourth-order valence-electron chi connectivity index (χ4n) is 3.28. The number of fused-ring (bicyclic) bond motifs is 2. The van der Waals surface area contributed by atoms with Crippen molar-refractivity contribution in [1.82, 2.24) is 0 Å². The molecule has 5 heteroatoms. The van der Waals surface area contributed by atoms with Crippen molar-refractivity contribution in [2.75, 3.05) is 16.8 Å². The Morgan fingerprint density at radius 1 is 1.14 bits per heavy atom. The molecule has 0 N–H and O–H groups in total. The summed E-state index contributed by atoms with van der Waals surface area (Å²) in [5, 5.41) is 0. The predicted octanol–water partition coefficient (Wildman–Crippen LogP) is 2.08. The zero-order valence-corrected chi connectivity index (χ0v) is 12.6. The minimum atomic E-state index is -0.389. The Balaban J connectivity index is 2.21. The van der Waals surface area contributed by atoms with Crippen molar-refractivity contribution in [3.63, 3.8) is 0 Å². The number of Topliss-reactive ketones (excluding diaryl/α,β-unsaturated/α-hetero) is 1. The van der Waals surface area contributed by atoms with Gasteiger partial charge in [0.15, 0.2) is 12.0 Å². The normalized spacial score (nSPS) is 23.6. The SMILES string of the molecule is CC(=O)C1=C(C)OC2C1N(C(C)=O)c1ccccc1N2C. The van der Waals surface area contributed by atoms with E-state index in [0.717, 1.165) is 11.4 Å². The number of allylic oxidation sites excluding steroid dienone is 1. The van der Waals surface area contributed by atoms with Crippen molar-refractivity contribution in [2.45, 2.75) is 33.0 Å². The molecule has 0 bridgehead atoms. The summed E-state index contributed by atoms with van der Waals surface area (Å²) in [7, 11) is 1.92. The first kappa shape index (κ1) is 13.7. The summed E-state index contributed by atoms with van der Waals surface area (Å²) in [5.74, 6) is 0.449. The highest BCUT2D eigenvalue weighted by Crippen LogP contribution is 2.44. The number of carbonyl (C=O) groups excluding carboxylic acids is 2. The summed E-state index contributed by atoms with van der Waals surface area (Å²) in [4.78, 5) is 27.9. The van der Waals surface area contributed by atoms with Crippen molar-refractivity contribution in [2.24, 2.45) is 0 Å². The van der Waals surface area contributed by atoms with E-state index in [1.807, 2.05) is 36.2 Å². The summed E-state index contributed by atoms with van der Waals surface area (Å²) in [6, 6.07) is 7.28. The molecule has 1 amide bonds. The van der Waals surface area contributed by atoms with Gasteiger partial charge >= 0.3 is 0 Å². The molecule has 1 aromatic rings. The van der Waals surface area contributed by atoms with E-state index in [1.54, 1.807) is 11.8 Å². The van der Waals surface area contributed by atoms with Gasteiger partial charge in [-0.2, -0.15) is 0 Å². The molecular formula is C16H18N2O3. The number of amides is 1. The molecule has 5 nitrogen and oxygen atoms in total. The smallest absolute Gasteiger partial charge is 0.224 e. The number of ketones is 1. The van der Waals surface area contributed by atoms with E-state index < -0.39 is 0 Å². The minimum absolute atomic E-state index is 0.0565. The Morgan fingerprint density at radius 2 is 1.76 bits per heavy atom. The van der Waals surface area contributed by atoms with Crippen LogP contribution in [-0.2, 0) is 14.3 Å². The van der Waals surface area contributed by atoms with Crippen molar-refractivity contribution in [1.29, 1.82) is 0 Å². The third-order valence-corrected chi connectivity index (χ3v) is 4.14. The molecule has 2 aliphatic rings. The predicted molar refractivity (Wildman–Crippen MR) is 80.0 cm³/mol. The van der Waals surface area contributed by atoms with Gasteiger partial charge in [-0.15, -0.1) is 0 Å². The maximum absolute atomic E-state index is 12.2. The molecule has 21 heavy (non-hydrogen) atoms. The number of rotatable bonds is 1. The van der Waals surface area contributed by atoms with Gasteiger partial charge in [0, 0.05) is 14.0 Å². The summed E-state index contributed by atoms with van der Waals surface area (Å²) >= 11 is 0. The maximum Gasteiger partial charge on any atom is 0.224 e. The van der Waals surface area contributed by atoms with E-state index in [1.165, 1.54) is 13.8 Å². The van der Waals surface area contributed by atoms with E-state index in [0.29, 0.717) is 11.3 Å². The molecule has 1 aromatic carbocycles. The Bertz CT molecular complexity index is 665. The Morgan fingerprint density at radius 3 is 2.33 bits per heavy atom. The summed E-state index contributed by atoms with van der Waals surface area (Å²) < 4.78 is 5.88. The largest absolute Gasteiger partial charge is 0.472 e. The van der Waals surface area contributed by atoms with Crippen LogP contribution in [-0.4, -0.2) is 31.0 Å². The fraction of sp³-hybridized carbons (Fsp3) is 0.375. The molecule has 0 saturated carbocycles. The average Bonchev–Trinajstić information content (AvgIpc) is 2.76. The summed E-state index contributed by atoms with van der Waals surface area (Å²) in [5.41, 5.74) is 2.31.